The molecule has 2 aromatic carbocycles. The van der Waals surface area contributed by atoms with Crippen LogP contribution < -0.4 is 5.32 Å². The maximum absolute atomic E-state index is 12.6. The topological polar surface area (TPSA) is 57.8 Å². The monoisotopic (exact) mass is 447 g/mol. The molecule has 0 aliphatic carbocycles. The average Bonchev–Trinajstić information content (AvgIpc) is 3.00. The van der Waals surface area contributed by atoms with Gasteiger partial charge in [-0.1, -0.05) is 35.0 Å². The molecule has 5 heteroatoms. The first-order chi connectivity index (χ1) is 13.9. The second kappa shape index (κ2) is 8.93. The molecule has 0 atom stereocenters. The van der Waals surface area contributed by atoms with E-state index in [9.17, 15) is 10.1 Å². The van der Waals surface area contributed by atoms with Crippen molar-refractivity contribution in [2.24, 2.45) is 0 Å². The molecule has 4 nitrogen and oxygen atoms in total. The molecule has 1 aromatic heterocycles. The molecule has 29 heavy (non-hydrogen) atoms. The Hall–Kier alpha value is -3.10. The lowest BCUT2D eigenvalue weighted by Gasteiger charge is -2.10. The molecule has 146 valence electrons. The van der Waals surface area contributed by atoms with Crippen LogP contribution in [0.1, 0.15) is 29.4 Å². The molecule has 0 spiro atoms. The minimum absolute atomic E-state index is 0.0700. The maximum Gasteiger partial charge on any atom is 0.266 e. The van der Waals surface area contributed by atoms with Gasteiger partial charge in [-0.3, -0.25) is 4.79 Å². The van der Waals surface area contributed by atoms with Gasteiger partial charge in [0.2, 0.25) is 0 Å². The lowest BCUT2D eigenvalue weighted by Crippen LogP contribution is -2.13. The summed E-state index contributed by atoms with van der Waals surface area (Å²) in [5, 5.41) is 12.3. The number of benzene rings is 2. The van der Waals surface area contributed by atoms with Crippen molar-refractivity contribution in [3.05, 3.63) is 87.2 Å². The van der Waals surface area contributed by atoms with Gasteiger partial charge in [0.15, 0.2) is 0 Å². The van der Waals surface area contributed by atoms with Gasteiger partial charge in [-0.05, 0) is 79.9 Å². The molecule has 1 amide bonds. The summed E-state index contributed by atoms with van der Waals surface area (Å²) in [7, 11) is 0. The molecule has 0 saturated carbocycles. The first kappa shape index (κ1) is 20.6. The molecule has 3 aromatic rings. The van der Waals surface area contributed by atoms with Gasteiger partial charge >= 0.3 is 0 Å². The number of hydrogen-bond acceptors (Lipinski definition) is 2. The summed E-state index contributed by atoms with van der Waals surface area (Å²) in [5.74, 6) is -0.412. The molecule has 0 radical (unpaired) electrons. The van der Waals surface area contributed by atoms with Crippen molar-refractivity contribution in [1.82, 2.24) is 4.57 Å². The van der Waals surface area contributed by atoms with Crippen molar-refractivity contribution in [1.29, 1.82) is 5.26 Å². The molecular weight excluding hydrogens is 426 g/mol. The van der Waals surface area contributed by atoms with Gasteiger partial charge in [0, 0.05) is 27.2 Å². The zero-order chi connectivity index (χ0) is 21.0. The highest BCUT2D eigenvalue weighted by molar-refractivity contribution is 9.10. The average molecular weight is 448 g/mol. The number of amides is 1. The van der Waals surface area contributed by atoms with Crippen LogP contribution in [-0.4, -0.2) is 10.5 Å². The van der Waals surface area contributed by atoms with Gasteiger partial charge in [-0.15, -0.1) is 0 Å². The third kappa shape index (κ3) is 4.67. The quantitative estimate of drug-likeness (QED) is 0.387. The molecule has 1 heterocycles. The second-order valence-electron chi connectivity index (χ2n) is 6.81. The van der Waals surface area contributed by atoms with Crippen molar-refractivity contribution in [3.63, 3.8) is 0 Å². The highest BCUT2D eigenvalue weighted by atomic mass is 79.9. The summed E-state index contributed by atoms with van der Waals surface area (Å²) in [4.78, 5) is 12.6. The molecule has 1 N–H and O–H groups in total. The highest BCUT2D eigenvalue weighted by Crippen LogP contribution is 2.24. The number of carbonyl (C=O) groups is 1. The Morgan fingerprint density at radius 1 is 1.14 bits per heavy atom. The number of carbonyl (C=O) groups excluding carboxylic acids is 1. The van der Waals surface area contributed by atoms with Crippen LogP contribution in [-0.2, 0) is 11.2 Å². The number of rotatable bonds is 5. The van der Waals surface area contributed by atoms with Crippen LogP contribution in [0, 0.1) is 25.2 Å². The van der Waals surface area contributed by atoms with E-state index in [1.54, 1.807) is 6.08 Å². The van der Waals surface area contributed by atoms with E-state index in [0.717, 1.165) is 33.5 Å². The van der Waals surface area contributed by atoms with Crippen molar-refractivity contribution in [3.8, 4) is 11.8 Å². The Labute approximate surface area is 179 Å². The summed E-state index contributed by atoms with van der Waals surface area (Å²) < 4.78 is 3.12. The van der Waals surface area contributed by atoms with Crippen LogP contribution in [0.2, 0.25) is 0 Å². The van der Waals surface area contributed by atoms with Crippen LogP contribution in [0.25, 0.3) is 11.8 Å². The number of nitriles is 1. The van der Waals surface area contributed by atoms with E-state index in [-0.39, 0.29) is 5.57 Å². The van der Waals surface area contributed by atoms with E-state index < -0.39 is 5.91 Å². The van der Waals surface area contributed by atoms with Gasteiger partial charge in [-0.25, -0.2) is 0 Å². The number of hydrogen-bond donors (Lipinski definition) is 1. The zero-order valence-corrected chi connectivity index (χ0v) is 18.2. The fraction of sp³-hybridized carbons (Fsp3) is 0.167. The second-order valence-corrected chi connectivity index (χ2v) is 7.73. The Morgan fingerprint density at radius 3 is 2.38 bits per heavy atom. The zero-order valence-electron chi connectivity index (χ0n) is 16.7. The smallest absolute Gasteiger partial charge is 0.266 e. The third-order valence-electron chi connectivity index (χ3n) is 4.84. The van der Waals surface area contributed by atoms with Crippen molar-refractivity contribution in [2.75, 3.05) is 5.32 Å². The van der Waals surface area contributed by atoms with Crippen LogP contribution >= 0.6 is 15.9 Å². The van der Waals surface area contributed by atoms with Gasteiger partial charge in [0.05, 0.1) is 0 Å². The summed E-state index contributed by atoms with van der Waals surface area (Å²) in [6.07, 6.45) is 2.58. The van der Waals surface area contributed by atoms with Gasteiger partial charge < -0.3 is 9.88 Å². The first-order valence-corrected chi connectivity index (χ1v) is 10.2. The van der Waals surface area contributed by atoms with Crippen molar-refractivity contribution >= 4 is 33.6 Å². The Balaban J connectivity index is 1.88. The highest BCUT2D eigenvalue weighted by Gasteiger charge is 2.14. The molecule has 0 aliphatic rings. The molecule has 0 unspecified atom stereocenters. The summed E-state index contributed by atoms with van der Waals surface area (Å²) >= 11 is 3.45. The lowest BCUT2D eigenvalue weighted by molar-refractivity contribution is -0.112. The maximum atomic E-state index is 12.6. The standard InChI is InChI=1S/C24H22BrN3O/c1-4-18-5-9-22(10-6-18)27-24(29)20(15-26)14-19-13-16(2)28(17(19)3)23-11-7-21(25)8-12-23/h5-14H,4H2,1-3H3,(H,27,29)/b20-14-. The van der Waals surface area contributed by atoms with Crippen molar-refractivity contribution < 1.29 is 4.79 Å². The predicted molar refractivity (Wildman–Crippen MR) is 121 cm³/mol. The Kier molecular flexibility index (Phi) is 6.36. The van der Waals surface area contributed by atoms with E-state index in [4.69, 9.17) is 0 Å². The minimum atomic E-state index is -0.412. The summed E-state index contributed by atoms with van der Waals surface area (Å²) in [6, 6.07) is 19.7. The molecule has 0 saturated heterocycles. The first-order valence-electron chi connectivity index (χ1n) is 9.40. The van der Waals surface area contributed by atoms with Crippen LogP contribution in [0.4, 0.5) is 5.69 Å². The van der Waals surface area contributed by atoms with Crippen molar-refractivity contribution in [2.45, 2.75) is 27.2 Å². The molecule has 0 aliphatic heterocycles. The Bertz CT molecular complexity index is 1100. The Morgan fingerprint density at radius 2 is 1.79 bits per heavy atom. The van der Waals surface area contributed by atoms with Crippen LogP contribution in [0.3, 0.4) is 0 Å². The number of nitrogens with zero attached hydrogens (tertiary/aromatic N) is 2. The van der Waals surface area contributed by atoms with Crippen LogP contribution in [0.5, 0.6) is 0 Å². The van der Waals surface area contributed by atoms with E-state index >= 15 is 0 Å². The lowest BCUT2D eigenvalue weighted by atomic mass is 10.1. The van der Waals surface area contributed by atoms with Gasteiger partial charge in [-0.2, -0.15) is 5.26 Å². The number of anilines is 1. The largest absolute Gasteiger partial charge is 0.321 e. The van der Waals surface area contributed by atoms with E-state index in [2.05, 4.69) is 32.7 Å². The number of aromatic nitrogens is 1. The summed E-state index contributed by atoms with van der Waals surface area (Å²) in [5.41, 5.74) is 5.82. The predicted octanol–water partition coefficient (Wildman–Crippen LogP) is 5.96. The van der Waals surface area contributed by atoms with E-state index in [0.29, 0.717) is 5.69 Å². The fourth-order valence-electron chi connectivity index (χ4n) is 3.25. The number of aryl methyl sites for hydroxylation is 2. The SMILES string of the molecule is CCc1ccc(NC(=O)/C(C#N)=C\c2cc(C)n(-c3ccc(Br)cc3)c2C)cc1. The molecular formula is C24H22BrN3O. The molecule has 3 rings (SSSR count). The van der Waals surface area contributed by atoms with Gasteiger partial charge in [0.1, 0.15) is 11.6 Å². The van der Waals surface area contributed by atoms with E-state index in [1.807, 2.05) is 74.5 Å². The summed E-state index contributed by atoms with van der Waals surface area (Å²) in [6.45, 7) is 6.07. The molecule has 0 bridgehead atoms. The van der Waals surface area contributed by atoms with Gasteiger partial charge in [0.25, 0.3) is 5.91 Å². The molecule has 0 fully saturated rings. The van der Waals surface area contributed by atoms with Crippen LogP contribution in [0.15, 0.2) is 64.6 Å². The minimum Gasteiger partial charge on any atom is -0.321 e. The van der Waals surface area contributed by atoms with E-state index in [1.165, 1.54) is 5.56 Å². The number of halogens is 1. The normalized spacial score (nSPS) is 11.2. The number of nitrogens with one attached hydrogen (secondary N) is 1. The third-order valence-corrected chi connectivity index (χ3v) is 5.37. The fourth-order valence-corrected chi connectivity index (χ4v) is 3.51.